The minimum Gasteiger partial charge on any atom is -0.494 e. The fraction of sp³-hybridized carbons (Fsp3) is 0.368. The molecule has 1 N–H and O–H groups in total. The van der Waals surface area contributed by atoms with E-state index >= 15 is 0 Å². The van der Waals surface area contributed by atoms with Gasteiger partial charge in [-0.15, -0.1) is 0 Å². The van der Waals surface area contributed by atoms with Crippen LogP contribution in [0.2, 0.25) is 5.02 Å². The molecule has 0 radical (unpaired) electrons. The summed E-state index contributed by atoms with van der Waals surface area (Å²) in [5, 5.41) is 0.484. The van der Waals surface area contributed by atoms with Crippen molar-refractivity contribution in [3.8, 4) is 5.75 Å². The van der Waals surface area contributed by atoms with Crippen LogP contribution in [-0.2, 0) is 10.0 Å². The molecule has 2 aromatic carbocycles. The molecule has 0 amide bonds. The summed E-state index contributed by atoms with van der Waals surface area (Å²) in [6.07, 6.45) is 0. The molecular weight excluding hydrogens is 386 g/mol. The van der Waals surface area contributed by atoms with E-state index in [2.05, 4.69) is 21.6 Å². The molecule has 0 bridgehead atoms. The molecular formula is C19H24ClN3O3S. The van der Waals surface area contributed by atoms with Gasteiger partial charge in [-0.05, 0) is 56.4 Å². The van der Waals surface area contributed by atoms with Gasteiger partial charge in [0.15, 0.2) is 0 Å². The Labute approximate surface area is 165 Å². The van der Waals surface area contributed by atoms with Crippen molar-refractivity contribution in [2.75, 3.05) is 49.5 Å². The molecule has 3 rings (SSSR count). The summed E-state index contributed by atoms with van der Waals surface area (Å²) >= 11 is 6.13. The number of ether oxygens (including phenoxy) is 1. The SMILES string of the molecule is CCOc1ccc(S(=O)(=O)Nc2cc(Cl)ccc2N2CCN(C)CC2)cc1. The van der Waals surface area contributed by atoms with E-state index < -0.39 is 10.0 Å². The van der Waals surface area contributed by atoms with Crippen LogP contribution >= 0.6 is 11.6 Å². The number of benzene rings is 2. The predicted molar refractivity (Wildman–Crippen MR) is 110 cm³/mol. The van der Waals surface area contributed by atoms with Crippen LogP contribution in [0.25, 0.3) is 0 Å². The number of hydrogen-bond acceptors (Lipinski definition) is 5. The molecule has 0 aromatic heterocycles. The van der Waals surface area contributed by atoms with Crippen LogP contribution in [0, 0.1) is 0 Å². The zero-order chi connectivity index (χ0) is 19.4. The molecule has 1 aliphatic rings. The Morgan fingerprint density at radius 2 is 1.74 bits per heavy atom. The van der Waals surface area contributed by atoms with Gasteiger partial charge in [0.05, 0.1) is 22.9 Å². The van der Waals surface area contributed by atoms with E-state index in [0.717, 1.165) is 31.9 Å². The molecule has 0 spiro atoms. The van der Waals surface area contributed by atoms with Crippen LogP contribution in [0.3, 0.4) is 0 Å². The largest absolute Gasteiger partial charge is 0.494 e. The lowest BCUT2D eigenvalue weighted by Crippen LogP contribution is -2.44. The predicted octanol–water partition coefficient (Wildman–Crippen LogP) is 3.29. The highest BCUT2D eigenvalue weighted by atomic mass is 35.5. The summed E-state index contributed by atoms with van der Waals surface area (Å²) in [6, 6.07) is 11.7. The summed E-state index contributed by atoms with van der Waals surface area (Å²) < 4.78 is 33.8. The Balaban J connectivity index is 1.86. The fourth-order valence-electron chi connectivity index (χ4n) is 3.00. The quantitative estimate of drug-likeness (QED) is 0.793. The topological polar surface area (TPSA) is 61.9 Å². The molecule has 0 aliphatic carbocycles. The minimum absolute atomic E-state index is 0.176. The molecule has 146 valence electrons. The number of rotatable bonds is 6. The highest BCUT2D eigenvalue weighted by Crippen LogP contribution is 2.32. The molecule has 0 saturated carbocycles. The van der Waals surface area contributed by atoms with E-state index in [-0.39, 0.29) is 4.90 Å². The highest BCUT2D eigenvalue weighted by Gasteiger charge is 2.21. The number of halogens is 1. The summed E-state index contributed by atoms with van der Waals surface area (Å²) in [5.41, 5.74) is 1.32. The third kappa shape index (κ3) is 4.86. The minimum atomic E-state index is -3.74. The monoisotopic (exact) mass is 409 g/mol. The second kappa shape index (κ2) is 8.37. The lowest BCUT2D eigenvalue weighted by Gasteiger charge is -2.35. The number of piperazine rings is 1. The van der Waals surface area contributed by atoms with Gasteiger partial charge >= 0.3 is 0 Å². The normalized spacial score (nSPS) is 15.6. The van der Waals surface area contributed by atoms with Crippen molar-refractivity contribution in [3.63, 3.8) is 0 Å². The molecule has 2 aromatic rings. The van der Waals surface area contributed by atoms with Gasteiger partial charge in [0, 0.05) is 31.2 Å². The van der Waals surface area contributed by atoms with E-state index in [1.807, 2.05) is 13.0 Å². The fourth-order valence-corrected chi connectivity index (χ4v) is 4.24. The van der Waals surface area contributed by atoms with Gasteiger partial charge in [-0.3, -0.25) is 4.72 Å². The molecule has 0 atom stereocenters. The van der Waals surface area contributed by atoms with Gasteiger partial charge in [0.2, 0.25) is 0 Å². The zero-order valence-electron chi connectivity index (χ0n) is 15.5. The molecule has 27 heavy (non-hydrogen) atoms. The third-order valence-corrected chi connectivity index (χ3v) is 6.11. The number of nitrogens with zero attached hydrogens (tertiary/aromatic N) is 2. The maximum atomic E-state index is 12.8. The number of sulfonamides is 1. The van der Waals surface area contributed by atoms with Crippen LogP contribution in [0.5, 0.6) is 5.75 Å². The zero-order valence-corrected chi connectivity index (χ0v) is 17.1. The van der Waals surface area contributed by atoms with Crippen molar-refractivity contribution in [2.45, 2.75) is 11.8 Å². The third-order valence-electron chi connectivity index (χ3n) is 4.49. The standard InChI is InChI=1S/C19H24ClN3O3S/c1-3-26-16-5-7-17(8-6-16)27(24,25)21-18-14-15(20)4-9-19(18)23-12-10-22(2)11-13-23/h4-9,14,21H,3,10-13H2,1-2H3. The van der Waals surface area contributed by atoms with Crippen molar-refractivity contribution in [1.29, 1.82) is 0 Å². The maximum Gasteiger partial charge on any atom is 0.261 e. The van der Waals surface area contributed by atoms with E-state index in [1.165, 1.54) is 12.1 Å². The van der Waals surface area contributed by atoms with Crippen molar-refractivity contribution >= 4 is 33.0 Å². The van der Waals surface area contributed by atoms with E-state index in [9.17, 15) is 8.42 Å². The average Bonchev–Trinajstić information content (AvgIpc) is 2.63. The van der Waals surface area contributed by atoms with E-state index in [1.54, 1.807) is 24.3 Å². The molecule has 0 unspecified atom stereocenters. The van der Waals surface area contributed by atoms with Gasteiger partial charge in [0.1, 0.15) is 5.75 Å². The molecule has 8 heteroatoms. The van der Waals surface area contributed by atoms with Gasteiger partial charge in [-0.1, -0.05) is 11.6 Å². The summed E-state index contributed by atoms with van der Waals surface area (Å²) in [6.45, 7) is 5.92. The summed E-state index contributed by atoms with van der Waals surface area (Å²) in [4.78, 5) is 4.60. The molecule has 1 fully saturated rings. The lowest BCUT2D eigenvalue weighted by atomic mass is 10.2. The van der Waals surface area contributed by atoms with Gasteiger partial charge in [0.25, 0.3) is 10.0 Å². The number of nitrogens with one attached hydrogen (secondary N) is 1. The Morgan fingerprint density at radius 3 is 2.37 bits per heavy atom. The van der Waals surface area contributed by atoms with Crippen LogP contribution in [0.15, 0.2) is 47.4 Å². The summed E-state index contributed by atoms with van der Waals surface area (Å²) in [7, 11) is -1.66. The van der Waals surface area contributed by atoms with Crippen molar-refractivity contribution < 1.29 is 13.2 Å². The smallest absolute Gasteiger partial charge is 0.261 e. The molecule has 1 heterocycles. The highest BCUT2D eigenvalue weighted by molar-refractivity contribution is 7.92. The number of hydrogen-bond donors (Lipinski definition) is 1. The second-order valence-corrected chi connectivity index (χ2v) is 8.58. The summed E-state index contributed by atoms with van der Waals surface area (Å²) in [5.74, 6) is 0.636. The Kier molecular flexibility index (Phi) is 6.14. The Bertz CT molecular complexity index is 880. The van der Waals surface area contributed by atoms with E-state index in [0.29, 0.717) is 23.1 Å². The molecule has 6 nitrogen and oxygen atoms in total. The molecule has 1 saturated heterocycles. The van der Waals surface area contributed by atoms with Crippen LogP contribution in [0.4, 0.5) is 11.4 Å². The van der Waals surface area contributed by atoms with E-state index in [4.69, 9.17) is 16.3 Å². The van der Waals surface area contributed by atoms with Crippen LogP contribution in [0.1, 0.15) is 6.92 Å². The van der Waals surface area contributed by atoms with Crippen molar-refractivity contribution in [1.82, 2.24) is 4.90 Å². The first-order valence-corrected chi connectivity index (χ1v) is 10.7. The number of anilines is 2. The average molecular weight is 410 g/mol. The Hall–Kier alpha value is -1.96. The molecule has 1 aliphatic heterocycles. The van der Waals surface area contributed by atoms with Crippen LogP contribution < -0.4 is 14.4 Å². The van der Waals surface area contributed by atoms with Gasteiger partial charge in [-0.25, -0.2) is 8.42 Å². The van der Waals surface area contributed by atoms with Crippen molar-refractivity contribution in [2.24, 2.45) is 0 Å². The van der Waals surface area contributed by atoms with Gasteiger partial charge in [-0.2, -0.15) is 0 Å². The van der Waals surface area contributed by atoms with Crippen LogP contribution in [-0.4, -0.2) is 53.2 Å². The Morgan fingerprint density at radius 1 is 1.07 bits per heavy atom. The first-order chi connectivity index (χ1) is 12.9. The maximum absolute atomic E-state index is 12.8. The first-order valence-electron chi connectivity index (χ1n) is 8.88. The van der Waals surface area contributed by atoms with Gasteiger partial charge < -0.3 is 14.5 Å². The first kappa shape index (κ1) is 19.8. The second-order valence-electron chi connectivity index (χ2n) is 6.46. The number of likely N-dealkylation sites (N-methyl/N-ethyl adjacent to an activating group) is 1. The van der Waals surface area contributed by atoms with Crippen molar-refractivity contribution in [3.05, 3.63) is 47.5 Å². The lowest BCUT2D eigenvalue weighted by molar-refractivity contribution is 0.313.